The molecule has 0 aliphatic carbocycles. The zero-order chi connectivity index (χ0) is 12.8. The Morgan fingerprint density at radius 3 is 3.16 bits per heavy atom. The number of aromatic amines is 1. The van der Waals surface area contributed by atoms with Crippen LogP contribution in [0.3, 0.4) is 0 Å². The summed E-state index contributed by atoms with van der Waals surface area (Å²) in [7, 11) is 0. The third-order valence-electron chi connectivity index (χ3n) is 3.61. The second kappa shape index (κ2) is 4.15. The van der Waals surface area contributed by atoms with Crippen LogP contribution in [0.4, 0.5) is 4.39 Å². The smallest absolute Gasteiger partial charge is 0.123 e. The Morgan fingerprint density at radius 2 is 2.32 bits per heavy atom. The molecule has 2 aromatic heterocycles. The highest BCUT2D eigenvalue weighted by Gasteiger charge is 2.26. The van der Waals surface area contributed by atoms with Crippen LogP contribution in [0, 0.1) is 5.82 Å². The van der Waals surface area contributed by atoms with Crippen LogP contribution in [0.5, 0.6) is 0 Å². The van der Waals surface area contributed by atoms with Gasteiger partial charge >= 0.3 is 0 Å². The van der Waals surface area contributed by atoms with Gasteiger partial charge in [0, 0.05) is 34.7 Å². The van der Waals surface area contributed by atoms with Gasteiger partial charge in [0.2, 0.25) is 0 Å². The Bertz CT molecular complexity index is 733. The maximum atomic E-state index is 13.4. The molecule has 2 N–H and O–H groups in total. The standard InChI is InChI=1S/C14H12FN3S/c15-8-1-2-11-10(7-8)9-3-4-16-13(12(9)18-11)14-17-5-6-19-14/h1-2,5-7,13,16,18H,3-4H2. The van der Waals surface area contributed by atoms with Crippen molar-refractivity contribution >= 4 is 22.2 Å². The Labute approximate surface area is 113 Å². The molecule has 1 aromatic carbocycles. The molecule has 0 amide bonds. The first kappa shape index (κ1) is 11.1. The van der Waals surface area contributed by atoms with Crippen LogP contribution in [0.15, 0.2) is 29.8 Å². The molecule has 1 aliphatic heterocycles. The van der Waals surface area contributed by atoms with E-state index < -0.39 is 0 Å². The zero-order valence-electron chi connectivity index (χ0n) is 10.1. The summed E-state index contributed by atoms with van der Waals surface area (Å²) < 4.78 is 13.4. The van der Waals surface area contributed by atoms with Gasteiger partial charge in [-0.05, 0) is 30.2 Å². The van der Waals surface area contributed by atoms with Gasteiger partial charge in [-0.15, -0.1) is 11.3 Å². The Balaban J connectivity index is 1.94. The normalized spacial score (nSPS) is 18.7. The number of aromatic nitrogens is 2. The Kier molecular flexibility index (Phi) is 2.43. The number of hydrogen-bond acceptors (Lipinski definition) is 3. The maximum absolute atomic E-state index is 13.4. The average Bonchev–Trinajstić information content (AvgIpc) is 3.05. The van der Waals surface area contributed by atoms with E-state index in [9.17, 15) is 4.39 Å². The summed E-state index contributed by atoms with van der Waals surface area (Å²) in [5.74, 6) is -0.182. The quantitative estimate of drug-likeness (QED) is 0.715. The maximum Gasteiger partial charge on any atom is 0.123 e. The van der Waals surface area contributed by atoms with Crippen molar-refractivity contribution in [2.24, 2.45) is 0 Å². The summed E-state index contributed by atoms with van der Waals surface area (Å²) in [6.07, 6.45) is 2.74. The molecule has 0 spiro atoms. The van der Waals surface area contributed by atoms with Gasteiger partial charge in [-0.1, -0.05) is 0 Å². The van der Waals surface area contributed by atoms with E-state index in [-0.39, 0.29) is 11.9 Å². The van der Waals surface area contributed by atoms with Gasteiger partial charge in [0.25, 0.3) is 0 Å². The lowest BCUT2D eigenvalue weighted by atomic mass is 9.99. The summed E-state index contributed by atoms with van der Waals surface area (Å²) in [6.45, 7) is 0.890. The van der Waals surface area contributed by atoms with Gasteiger partial charge in [0.15, 0.2) is 0 Å². The summed E-state index contributed by atoms with van der Waals surface area (Å²) in [6, 6.07) is 5.02. The number of benzene rings is 1. The van der Waals surface area contributed by atoms with Crippen molar-refractivity contribution in [3.8, 4) is 0 Å². The monoisotopic (exact) mass is 273 g/mol. The molecule has 1 unspecified atom stereocenters. The predicted octanol–water partition coefficient (Wildman–Crippen LogP) is 3.00. The first-order valence-electron chi connectivity index (χ1n) is 6.26. The van der Waals surface area contributed by atoms with Gasteiger partial charge in [-0.25, -0.2) is 9.37 Å². The molecule has 0 saturated carbocycles. The predicted molar refractivity (Wildman–Crippen MR) is 73.9 cm³/mol. The van der Waals surface area contributed by atoms with E-state index in [1.807, 2.05) is 17.6 Å². The van der Waals surface area contributed by atoms with Gasteiger partial charge in [0.05, 0.1) is 0 Å². The summed E-state index contributed by atoms with van der Waals surface area (Å²) in [4.78, 5) is 7.81. The largest absolute Gasteiger partial charge is 0.356 e. The van der Waals surface area contributed by atoms with E-state index in [1.165, 1.54) is 11.6 Å². The number of rotatable bonds is 1. The molecule has 1 atom stereocenters. The topological polar surface area (TPSA) is 40.7 Å². The van der Waals surface area contributed by atoms with E-state index in [0.717, 1.165) is 34.6 Å². The fraction of sp³-hybridized carbons (Fsp3) is 0.214. The molecule has 3 nitrogen and oxygen atoms in total. The highest BCUT2D eigenvalue weighted by Crippen LogP contribution is 2.34. The molecule has 5 heteroatoms. The molecular weight excluding hydrogens is 261 g/mol. The number of thiazole rings is 1. The fourth-order valence-electron chi connectivity index (χ4n) is 2.79. The number of H-pyrrole nitrogens is 1. The van der Waals surface area contributed by atoms with Gasteiger partial charge in [-0.3, -0.25) is 0 Å². The lowest BCUT2D eigenvalue weighted by Gasteiger charge is -2.22. The van der Waals surface area contributed by atoms with Crippen LogP contribution in [0.1, 0.15) is 22.3 Å². The second-order valence-corrected chi connectivity index (χ2v) is 5.64. The lowest BCUT2D eigenvalue weighted by Crippen LogP contribution is -2.30. The van der Waals surface area contributed by atoms with E-state index in [1.54, 1.807) is 17.4 Å². The minimum atomic E-state index is -0.182. The molecule has 19 heavy (non-hydrogen) atoms. The molecule has 3 heterocycles. The molecule has 4 rings (SSSR count). The van der Waals surface area contributed by atoms with Gasteiger partial charge in [-0.2, -0.15) is 0 Å². The van der Waals surface area contributed by atoms with Crippen LogP contribution >= 0.6 is 11.3 Å². The first-order chi connectivity index (χ1) is 9.33. The Hall–Kier alpha value is -1.72. The van der Waals surface area contributed by atoms with Crippen molar-refractivity contribution in [1.29, 1.82) is 0 Å². The van der Waals surface area contributed by atoms with Gasteiger partial charge < -0.3 is 10.3 Å². The summed E-state index contributed by atoms with van der Waals surface area (Å²) in [5.41, 5.74) is 3.34. The fourth-order valence-corrected chi connectivity index (χ4v) is 3.51. The summed E-state index contributed by atoms with van der Waals surface area (Å²) in [5, 5.41) is 7.50. The average molecular weight is 273 g/mol. The second-order valence-electron chi connectivity index (χ2n) is 4.71. The molecule has 0 radical (unpaired) electrons. The SMILES string of the molecule is Fc1ccc2[nH]c3c(c2c1)CCNC3c1nccs1. The molecule has 1 aliphatic rings. The van der Waals surface area contributed by atoms with Crippen molar-refractivity contribution in [1.82, 2.24) is 15.3 Å². The van der Waals surface area contributed by atoms with Crippen molar-refractivity contribution in [3.63, 3.8) is 0 Å². The first-order valence-corrected chi connectivity index (χ1v) is 7.13. The highest BCUT2D eigenvalue weighted by atomic mass is 32.1. The highest BCUT2D eigenvalue weighted by molar-refractivity contribution is 7.09. The number of fused-ring (bicyclic) bond motifs is 3. The van der Waals surface area contributed by atoms with Crippen molar-refractivity contribution in [2.75, 3.05) is 6.54 Å². The minimum Gasteiger partial charge on any atom is -0.356 e. The van der Waals surface area contributed by atoms with E-state index >= 15 is 0 Å². The third kappa shape index (κ3) is 1.69. The zero-order valence-corrected chi connectivity index (χ0v) is 10.9. The molecule has 96 valence electrons. The van der Waals surface area contributed by atoms with Crippen molar-refractivity contribution < 1.29 is 4.39 Å². The van der Waals surface area contributed by atoms with Crippen molar-refractivity contribution in [2.45, 2.75) is 12.5 Å². The lowest BCUT2D eigenvalue weighted by molar-refractivity contribution is 0.558. The number of hydrogen-bond donors (Lipinski definition) is 2. The minimum absolute atomic E-state index is 0.0965. The van der Waals surface area contributed by atoms with E-state index in [0.29, 0.717) is 0 Å². The van der Waals surface area contributed by atoms with Crippen LogP contribution in [-0.2, 0) is 6.42 Å². The van der Waals surface area contributed by atoms with Crippen LogP contribution < -0.4 is 5.32 Å². The van der Waals surface area contributed by atoms with Crippen molar-refractivity contribution in [3.05, 3.63) is 51.9 Å². The molecule has 0 bridgehead atoms. The van der Waals surface area contributed by atoms with E-state index in [4.69, 9.17) is 0 Å². The Morgan fingerprint density at radius 1 is 1.37 bits per heavy atom. The number of nitrogens with one attached hydrogen (secondary N) is 2. The molecular formula is C14H12FN3S. The van der Waals surface area contributed by atoms with Crippen LogP contribution in [-0.4, -0.2) is 16.5 Å². The molecule has 3 aromatic rings. The van der Waals surface area contributed by atoms with Crippen LogP contribution in [0.25, 0.3) is 10.9 Å². The molecule has 0 fully saturated rings. The van der Waals surface area contributed by atoms with E-state index in [2.05, 4.69) is 15.3 Å². The molecule has 0 saturated heterocycles. The number of nitrogens with zero attached hydrogens (tertiary/aromatic N) is 1. The number of halogens is 1. The van der Waals surface area contributed by atoms with Gasteiger partial charge in [0.1, 0.15) is 16.9 Å². The third-order valence-corrected chi connectivity index (χ3v) is 4.45. The summed E-state index contributed by atoms with van der Waals surface area (Å²) >= 11 is 1.64. The van der Waals surface area contributed by atoms with Crippen LogP contribution in [0.2, 0.25) is 0 Å².